The van der Waals surface area contributed by atoms with Crippen LogP contribution in [0.2, 0.25) is 0 Å². The molecule has 0 aromatic heterocycles. The summed E-state index contributed by atoms with van der Waals surface area (Å²) in [4.78, 5) is 41.7. The van der Waals surface area contributed by atoms with E-state index in [1.54, 1.807) is 30.3 Å². The largest absolute Gasteiger partial charge is 0.481 e. The lowest BCUT2D eigenvalue weighted by atomic mass is 10.00. The van der Waals surface area contributed by atoms with Crippen LogP contribution in [0.25, 0.3) is 0 Å². The van der Waals surface area contributed by atoms with Crippen LogP contribution < -0.4 is 0 Å². The van der Waals surface area contributed by atoms with E-state index in [9.17, 15) is 19.2 Å². The molecule has 0 aliphatic carbocycles. The van der Waals surface area contributed by atoms with Crippen LogP contribution in [0.1, 0.15) is 37.0 Å². The minimum absolute atomic E-state index is 0.0463. The first kappa shape index (κ1) is 18.5. The fourth-order valence-electron chi connectivity index (χ4n) is 1.25. The first-order chi connectivity index (χ1) is 9.75. The summed E-state index contributed by atoms with van der Waals surface area (Å²) in [7, 11) is 0. The molecular weight excluding hydrogens is 276 g/mol. The number of ketones is 2. The maximum absolute atomic E-state index is 11.4. The molecule has 114 valence electrons. The standard InChI is InChI=1S/C10H10O3.C5H8O3/c1-7(10(12)13)9(11)8-5-3-2-4-6-8;1-4(6)2-3-5(7)8/h2-7H,1H3,(H,12,13);2-3H2,1H3,(H,7,8). The molecule has 0 aliphatic rings. The average Bonchev–Trinajstić information content (AvgIpc) is 2.45. The molecule has 0 fully saturated rings. The second kappa shape index (κ2) is 9.41. The Bertz CT molecular complexity index is 492. The highest BCUT2D eigenvalue weighted by Gasteiger charge is 2.21. The number of aliphatic carboxylic acids is 2. The van der Waals surface area contributed by atoms with Crippen molar-refractivity contribution in [1.29, 1.82) is 0 Å². The summed E-state index contributed by atoms with van der Waals surface area (Å²) in [5, 5.41) is 16.6. The average molecular weight is 294 g/mol. The Morgan fingerprint density at radius 3 is 1.86 bits per heavy atom. The van der Waals surface area contributed by atoms with Crippen molar-refractivity contribution in [1.82, 2.24) is 0 Å². The van der Waals surface area contributed by atoms with Gasteiger partial charge in [-0.05, 0) is 13.8 Å². The topological polar surface area (TPSA) is 109 Å². The zero-order chi connectivity index (χ0) is 16.4. The molecule has 0 aliphatic heterocycles. The van der Waals surface area contributed by atoms with Gasteiger partial charge in [-0.1, -0.05) is 30.3 Å². The molecule has 1 unspecified atom stereocenters. The van der Waals surface area contributed by atoms with Crippen molar-refractivity contribution in [2.45, 2.75) is 26.7 Å². The van der Waals surface area contributed by atoms with Crippen molar-refractivity contribution in [3.8, 4) is 0 Å². The second-order valence-corrected chi connectivity index (χ2v) is 4.39. The summed E-state index contributed by atoms with van der Waals surface area (Å²) in [5.74, 6) is -3.41. The summed E-state index contributed by atoms with van der Waals surface area (Å²) in [6.07, 6.45) is 0.102. The van der Waals surface area contributed by atoms with Gasteiger partial charge in [0.05, 0.1) is 6.42 Å². The van der Waals surface area contributed by atoms with Crippen molar-refractivity contribution in [2.75, 3.05) is 0 Å². The molecule has 21 heavy (non-hydrogen) atoms. The van der Waals surface area contributed by atoms with Crippen LogP contribution in [0, 0.1) is 5.92 Å². The molecule has 0 saturated heterocycles. The molecular formula is C15H18O6. The van der Waals surface area contributed by atoms with Gasteiger partial charge in [0.2, 0.25) is 0 Å². The minimum Gasteiger partial charge on any atom is -0.481 e. The van der Waals surface area contributed by atoms with Crippen molar-refractivity contribution in [3.05, 3.63) is 35.9 Å². The highest BCUT2D eigenvalue weighted by molar-refractivity contribution is 6.07. The van der Waals surface area contributed by atoms with Crippen molar-refractivity contribution in [2.24, 2.45) is 5.92 Å². The lowest BCUT2D eigenvalue weighted by Crippen LogP contribution is -2.20. The van der Waals surface area contributed by atoms with E-state index >= 15 is 0 Å². The van der Waals surface area contributed by atoms with Crippen LogP contribution in [0.3, 0.4) is 0 Å². The highest BCUT2D eigenvalue weighted by Crippen LogP contribution is 2.08. The van der Waals surface area contributed by atoms with Crippen LogP contribution in [-0.2, 0) is 14.4 Å². The van der Waals surface area contributed by atoms with Gasteiger partial charge in [0, 0.05) is 12.0 Å². The van der Waals surface area contributed by atoms with Gasteiger partial charge in [0.15, 0.2) is 5.78 Å². The zero-order valence-corrected chi connectivity index (χ0v) is 11.9. The van der Waals surface area contributed by atoms with Crippen LogP contribution in [0.15, 0.2) is 30.3 Å². The van der Waals surface area contributed by atoms with Gasteiger partial charge in [-0.25, -0.2) is 0 Å². The molecule has 6 heteroatoms. The summed E-state index contributed by atoms with van der Waals surface area (Å²) in [6.45, 7) is 2.76. The van der Waals surface area contributed by atoms with Gasteiger partial charge in [-0.2, -0.15) is 0 Å². The van der Waals surface area contributed by atoms with Gasteiger partial charge in [0.25, 0.3) is 0 Å². The lowest BCUT2D eigenvalue weighted by molar-refractivity contribution is -0.139. The Morgan fingerprint density at radius 2 is 1.52 bits per heavy atom. The van der Waals surface area contributed by atoms with Crippen molar-refractivity contribution in [3.63, 3.8) is 0 Å². The van der Waals surface area contributed by atoms with E-state index in [4.69, 9.17) is 10.2 Å². The normalized spacial score (nSPS) is 10.8. The van der Waals surface area contributed by atoms with Gasteiger partial charge in [-0.3, -0.25) is 14.4 Å². The molecule has 6 nitrogen and oxygen atoms in total. The molecule has 0 radical (unpaired) electrons. The first-order valence-electron chi connectivity index (χ1n) is 6.29. The van der Waals surface area contributed by atoms with Gasteiger partial charge in [-0.15, -0.1) is 0 Å². The maximum Gasteiger partial charge on any atom is 0.314 e. The third kappa shape index (κ3) is 8.30. The number of benzene rings is 1. The maximum atomic E-state index is 11.4. The number of hydrogen-bond donors (Lipinski definition) is 2. The summed E-state index contributed by atoms with van der Waals surface area (Å²) in [6, 6.07) is 8.43. The van der Waals surface area contributed by atoms with E-state index < -0.39 is 17.9 Å². The number of carbonyl (C=O) groups excluding carboxylic acids is 2. The van der Waals surface area contributed by atoms with Gasteiger partial charge >= 0.3 is 11.9 Å². The number of rotatable bonds is 6. The smallest absolute Gasteiger partial charge is 0.314 e. The first-order valence-corrected chi connectivity index (χ1v) is 6.29. The Balaban J connectivity index is 0.000000433. The van der Waals surface area contributed by atoms with Crippen LogP contribution in [0.4, 0.5) is 0 Å². The zero-order valence-electron chi connectivity index (χ0n) is 11.9. The molecule has 0 heterocycles. The SMILES string of the molecule is CC(=O)CCC(=O)O.CC(C(=O)O)C(=O)c1ccccc1. The van der Waals surface area contributed by atoms with E-state index in [2.05, 4.69) is 0 Å². The second-order valence-electron chi connectivity index (χ2n) is 4.39. The molecule has 1 rings (SSSR count). The van der Waals surface area contributed by atoms with Crippen LogP contribution >= 0.6 is 0 Å². The van der Waals surface area contributed by atoms with E-state index in [-0.39, 0.29) is 24.4 Å². The number of Topliss-reactive ketones (excluding diaryl/α,β-unsaturated/α-hetero) is 2. The predicted molar refractivity (Wildman–Crippen MR) is 75.1 cm³/mol. The van der Waals surface area contributed by atoms with Crippen molar-refractivity contribution < 1.29 is 29.4 Å². The number of carbonyl (C=O) groups is 4. The van der Waals surface area contributed by atoms with E-state index in [1.165, 1.54) is 13.8 Å². The summed E-state index contributed by atoms with van der Waals surface area (Å²) < 4.78 is 0. The minimum atomic E-state index is -1.09. The lowest BCUT2D eigenvalue weighted by Gasteiger charge is -2.03. The molecule has 2 N–H and O–H groups in total. The quantitative estimate of drug-likeness (QED) is 0.613. The van der Waals surface area contributed by atoms with Gasteiger partial charge < -0.3 is 15.0 Å². The molecule has 0 saturated carbocycles. The van der Waals surface area contributed by atoms with Crippen LogP contribution in [0.5, 0.6) is 0 Å². The molecule has 1 atom stereocenters. The summed E-state index contributed by atoms with van der Waals surface area (Å²) in [5.41, 5.74) is 0.442. The predicted octanol–water partition coefficient (Wildman–Crippen LogP) is 2.03. The Labute approximate surface area is 122 Å². The Kier molecular flexibility index (Phi) is 8.29. The monoisotopic (exact) mass is 294 g/mol. The Hall–Kier alpha value is -2.50. The number of carboxylic acids is 2. The van der Waals surface area contributed by atoms with Crippen LogP contribution in [-0.4, -0.2) is 33.7 Å². The molecule has 1 aromatic carbocycles. The third-order valence-electron chi connectivity index (χ3n) is 2.51. The summed E-state index contributed by atoms with van der Waals surface area (Å²) >= 11 is 0. The van der Waals surface area contributed by atoms with Crippen molar-refractivity contribution >= 4 is 23.5 Å². The fourth-order valence-corrected chi connectivity index (χ4v) is 1.25. The number of hydrogen-bond acceptors (Lipinski definition) is 4. The van der Waals surface area contributed by atoms with E-state index in [0.717, 1.165) is 0 Å². The molecule has 0 bridgehead atoms. The molecule has 1 aromatic rings. The fraction of sp³-hybridized carbons (Fsp3) is 0.333. The Morgan fingerprint density at radius 1 is 1.00 bits per heavy atom. The third-order valence-corrected chi connectivity index (χ3v) is 2.51. The molecule has 0 amide bonds. The number of carboxylic acid groups (broad SMARTS) is 2. The van der Waals surface area contributed by atoms with E-state index in [0.29, 0.717) is 5.56 Å². The van der Waals surface area contributed by atoms with E-state index in [1.807, 2.05) is 0 Å². The van der Waals surface area contributed by atoms with Gasteiger partial charge in [0.1, 0.15) is 11.7 Å². The molecule has 0 spiro atoms. The highest BCUT2D eigenvalue weighted by atomic mass is 16.4.